The van der Waals surface area contributed by atoms with Crippen molar-refractivity contribution in [3.8, 4) is 34.5 Å². The molecule has 12 nitrogen and oxygen atoms in total. The van der Waals surface area contributed by atoms with E-state index in [4.69, 9.17) is 28.4 Å². The van der Waals surface area contributed by atoms with Gasteiger partial charge >= 0.3 is 17.9 Å². The molecule has 0 aromatic heterocycles. The summed E-state index contributed by atoms with van der Waals surface area (Å²) in [4.78, 5) is 38.1. The molecule has 0 unspecified atom stereocenters. The van der Waals surface area contributed by atoms with E-state index >= 15 is 0 Å². The summed E-state index contributed by atoms with van der Waals surface area (Å²) in [7, 11) is 4.06. The lowest BCUT2D eigenvalue weighted by Crippen LogP contribution is -2.09. The molecule has 0 atom stereocenters. The third-order valence-electron chi connectivity index (χ3n) is 6.47. The van der Waals surface area contributed by atoms with Gasteiger partial charge in [-0.15, -0.1) is 0 Å². The van der Waals surface area contributed by atoms with Crippen molar-refractivity contribution in [3.63, 3.8) is 0 Å². The first-order valence-corrected chi connectivity index (χ1v) is 13.4. The first-order valence-electron chi connectivity index (χ1n) is 13.4. The van der Waals surface area contributed by atoms with Crippen LogP contribution >= 0.6 is 0 Å². The minimum Gasteiger partial charge on any atom is -0.504 e. The van der Waals surface area contributed by atoms with Gasteiger partial charge in [-0.05, 0) is 89.5 Å². The zero-order valence-electron chi connectivity index (χ0n) is 24.6. The van der Waals surface area contributed by atoms with Gasteiger partial charge in [0.25, 0.3) is 0 Å². The molecule has 3 N–H and O–H groups in total. The standard InChI is InChI=1S/C33H30O12/c1-40-28-13-22(4-7-25(28)34)31(37)43-16-19-10-20(17-44-32(38)23-5-8-26(35)29(14-23)41-2)12-21(11-19)18-45-33(39)24-6-9-27(36)30(15-24)42-3/h4-15,34-36H,16-18H2,1-3H3. The van der Waals surface area contributed by atoms with Crippen molar-refractivity contribution in [1.82, 2.24) is 0 Å². The number of aromatic hydroxyl groups is 3. The second-order valence-electron chi connectivity index (χ2n) is 9.55. The molecule has 0 aliphatic heterocycles. The number of esters is 3. The number of ether oxygens (including phenoxy) is 6. The molecule has 0 heterocycles. The average Bonchev–Trinajstić information content (AvgIpc) is 3.05. The summed E-state index contributed by atoms with van der Waals surface area (Å²) in [6.45, 7) is -0.556. The number of phenols is 3. The lowest BCUT2D eigenvalue weighted by Gasteiger charge is -2.13. The Morgan fingerprint density at radius 3 is 0.978 bits per heavy atom. The molecule has 4 rings (SSSR count). The van der Waals surface area contributed by atoms with Gasteiger partial charge in [0.15, 0.2) is 34.5 Å². The molecule has 0 saturated carbocycles. The van der Waals surface area contributed by atoms with E-state index in [1.54, 1.807) is 18.2 Å². The van der Waals surface area contributed by atoms with Gasteiger partial charge in [-0.25, -0.2) is 14.4 Å². The van der Waals surface area contributed by atoms with Crippen molar-refractivity contribution in [2.24, 2.45) is 0 Å². The molecular formula is C33H30O12. The molecule has 0 radical (unpaired) electrons. The van der Waals surface area contributed by atoms with E-state index in [1.165, 1.54) is 75.9 Å². The van der Waals surface area contributed by atoms with E-state index in [1.807, 2.05) is 0 Å². The van der Waals surface area contributed by atoms with Gasteiger partial charge in [0.2, 0.25) is 0 Å². The minimum absolute atomic E-state index is 0.106. The summed E-state index contributed by atoms with van der Waals surface area (Å²) in [5.74, 6) is -2.12. The van der Waals surface area contributed by atoms with Crippen LogP contribution in [0.15, 0.2) is 72.8 Å². The average molecular weight is 619 g/mol. The fourth-order valence-corrected chi connectivity index (χ4v) is 4.20. The maximum atomic E-state index is 12.7. The van der Waals surface area contributed by atoms with E-state index in [0.717, 1.165) is 0 Å². The number of benzene rings is 4. The van der Waals surface area contributed by atoms with Crippen LogP contribution in [0.3, 0.4) is 0 Å². The molecule has 45 heavy (non-hydrogen) atoms. The smallest absolute Gasteiger partial charge is 0.338 e. The Balaban J connectivity index is 1.52. The molecule has 4 aromatic rings. The Labute approximate surface area is 257 Å². The molecule has 4 aromatic carbocycles. The van der Waals surface area contributed by atoms with Gasteiger partial charge < -0.3 is 43.7 Å². The Hall–Kier alpha value is -5.91. The summed E-state index contributed by atoms with van der Waals surface area (Å²) in [5.41, 5.74) is 1.97. The van der Waals surface area contributed by atoms with E-state index in [9.17, 15) is 29.7 Å². The zero-order chi connectivity index (χ0) is 32.5. The van der Waals surface area contributed by atoms with Gasteiger partial charge in [0.05, 0.1) is 38.0 Å². The largest absolute Gasteiger partial charge is 0.504 e. The fraction of sp³-hybridized carbons (Fsp3) is 0.182. The van der Waals surface area contributed by atoms with Crippen LogP contribution in [-0.2, 0) is 34.0 Å². The van der Waals surface area contributed by atoms with Crippen LogP contribution in [0.2, 0.25) is 0 Å². The van der Waals surface area contributed by atoms with Crippen LogP contribution in [-0.4, -0.2) is 54.6 Å². The highest BCUT2D eigenvalue weighted by Gasteiger charge is 2.16. The van der Waals surface area contributed by atoms with Crippen LogP contribution < -0.4 is 14.2 Å². The number of carbonyl (C=O) groups excluding carboxylic acids is 3. The fourth-order valence-electron chi connectivity index (χ4n) is 4.20. The number of hydrogen-bond donors (Lipinski definition) is 3. The molecule has 0 fully saturated rings. The van der Waals surface area contributed by atoms with Crippen LogP contribution in [0.1, 0.15) is 47.8 Å². The van der Waals surface area contributed by atoms with Crippen molar-refractivity contribution in [1.29, 1.82) is 0 Å². The molecule has 0 amide bonds. The van der Waals surface area contributed by atoms with Crippen LogP contribution in [0.4, 0.5) is 0 Å². The highest BCUT2D eigenvalue weighted by Crippen LogP contribution is 2.29. The van der Waals surface area contributed by atoms with E-state index < -0.39 is 17.9 Å². The molecule has 0 bridgehead atoms. The first-order chi connectivity index (χ1) is 21.6. The van der Waals surface area contributed by atoms with Crippen molar-refractivity contribution < 1.29 is 58.1 Å². The van der Waals surface area contributed by atoms with Crippen molar-refractivity contribution >= 4 is 17.9 Å². The van der Waals surface area contributed by atoms with Crippen LogP contribution in [0.5, 0.6) is 34.5 Å². The minimum atomic E-state index is -0.680. The molecule has 0 aliphatic carbocycles. The molecule has 12 heteroatoms. The first kappa shape index (κ1) is 32.0. The third-order valence-corrected chi connectivity index (χ3v) is 6.47. The normalized spacial score (nSPS) is 10.5. The lowest BCUT2D eigenvalue weighted by molar-refractivity contribution is 0.0471. The monoisotopic (exact) mass is 618 g/mol. The van der Waals surface area contributed by atoms with E-state index in [0.29, 0.717) is 16.7 Å². The third kappa shape index (κ3) is 8.14. The Bertz CT molecular complexity index is 1500. The van der Waals surface area contributed by atoms with Crippen LogP contribution in [0, 0.1) is 0 Å². The van der Waals surface area contributed by atoms with Gasteiger partial charge in [-0.2, -0.15) is 0 Å². The predicted octanol–water partition coefficient (Wildman–Crippen LogP) is 4.90. The number of methoxy groups -OCH3 is 3. The summed E-state index contributed by atoms with van der Waals surface area (Å²) in [6, 6.07) is 17.1. The highest BCUT2D eigenvalue weighted by atomic mass is 16.5. The summed E-state index contributed by atoms with van der Waals surface area (Å²) < 4.78 is 31.5. The second kappa shape index (κ2) is 14.5. The summed E-state index contributed by atoms with van der Waals surface area (Å²) >= 11 is 0. The number of carbonyl (C=O) groups is 3. The summed E-state index contributed by atoms with van der Waals surface area (Å²) in [5, 5.41) is 29.4. The quantitative estimate of drug-likeness (QED) is 0.145. The maximum Gasteiger partial charge on any atom is 0.338 e. The predicted molar refractivity (Wildman–Crippen MR) is 158 cm³/mol. The molecule has 0 spiro atoms. The van der Waals surface area contributed by atoms with Gasteiger partial charge in [0, 0.05) is 0 Å². The van der Waals surface area contributed by atoms with Gasteiger partial charge in [0.1, 0.15) is 19.8 Å². The number of rotatable bonds is 12. The maximum absolute atomic E-state index is 12.7. The van der Waals surface area contributed by atoms with Crippen LogP contribution in [0.25, 0.3) is 0 Å². The SMILES string of the molecule is COc1cc(C(=O)OCc2cc(COC(=O)c3ccc(O)c(OC)c3)cc(COC(=O)c3ccc(O)c(OC)c3)c2)ccc1O. The molecule has 0 aliphatic rings. The molecule has 0 saturated heterocycles. The lowest BCUT2D eigenvalue weighted by atomic mass is 10.1. The van der Waals surface area contributed by atoms with E-state index in [2.05, 4.69) is 0 Å². The number of hydrogen-bond acceptors (Lipinski definition) is 12. The topological polar surface area (TPSA) is 167 Å². The van der Waals surface area contributed by atoms with Gasteiger partial charge in [-0.3, -0.25) is 0 Å². The summed E-state index contributed by atoms with van der Waals surface area (Å²) in [6.07, 6.45) is 0. The van der Waals surface area contributed by atoms with Crippen molar-refractivity contribution in [3.05, 3.63) is 106 Å². The molecule has 234 valence electrons. The second-order valence-corrected chi connectivity index (χ2v) is 9.55. The highest BCUT2D eigenvalue weighted by molar-refractivity contribution is 5.91. The zero-order valence-corrected chi connectivity index (χ0v) is 24.6. The molecular weight excluding hydrogens is 588 g/mol. The van der Waals surface area contributed by atoms with Crippen molar-refractivity contribution in [2.45, 2.75) is 19.8 Å². The Morgan fingerprint density at radius 1 is 0.467 bits per heavy atom. The van der Waals surface area contributed by atoms with E-state index in [-0.39, 0.29) is 71.0 Å². The van der Waals surface area contributed by atoms with Gasteiger partial charge in [-0.1, -0.05) is 0 Å². The Morgan fingerprint density at radius 2 is 0.733 bits per heavy atom. The Kier molecular flexibility index (Phi) is 10.3. The van der Waals surface area contributed by atoms with Crippen molar-refractivity contribution in [2.75, 3.05) is 21.3 Å². The number of phenolic OH excluding ortho intramolecular Hbond substituents is 3.